The Morgan fingerprint density at radius 1 is 1.39 bits per heavy atom. The number of carbonyl (C=O) groups excluding carboxylic acids is 1. The van der Waals surface area contributed by atoms with E-state index in [1.807, 2.05) is 0 Å². The molecule has 1 aromatic heterocycles. The Balaban J connectivity index is 2.69. The van der Waals surface area contributed by atoms with Crippen LogP contribution in [0.25, 0.3) is 0 Å². The molecule has 0 radical (unpaired) electrons. The number of hydrogen-bond donors (Lipinski definition) is 2. The normalized spacial score (nSPS) is 12.9. The van der Waals surface area contributed by atoms with Crippen LogP contribution in [0, 0.1) is 0 Å². The third kappa shape index (κ3) is 7.94. The molecule has 0 saturated heterocycles. The lowest BCUT2D eigenvalue weighted by atomic mass is 10.2. The first-order valence-electron chi connectivity index (χ1n) is 7.90. The van der Waals surface area contributed by atoms with Gasteiger partial charge in [0.15, 0.2) is 5.82 Å². The van der Waals surface area contributed by atoms with Gasteiger partial charge >= 0.3 is 6.09 Å². The fraction of sp³-hybridized carbons (Fsp3) is 0.800. The Morgan fingerprint density at radius 3 is 2.74 bits per heavy atom. The molecule has 0 saturated carbocycles. The first-order valence-corrected chi connectivity index (χ1v) is 7.90. The molecule has 0 aliphatic carbocycles. The average molecular weight is 328 g/mol. The van der Waals surface area contributed by atoms with Crippen molar-refractivity contribution in [2.24, 2.45) is 0 Å². The molecule has 0 spiro atoms. The molecule has 0 fully saturated rings. The third-order valence-corrected chi connectivity index (χ3v) is 2.74. The zero-order valence-electron chi connectivity index (χ0n) is 14.6. The number of hydrogen-bond acceptors (Lipinski definition) is 7. The summed E-state index contributed by atoms with van der Waals surface area (Å²) in [6, 6.07) is -0.518. The number of carbonyl (C=O) groups is 1. The van der Waals surface area contributed by atoms with Gasteiger partial charge in [-0.2, -0.15) is 4.98 Å². The summed E-state index contributed by atoms with van der Waals surface area (Å²) >= 11 is 0. The van der Waals surface area contributed by atoms with Crippen LogP contribution in [0.15, 0.2) is 4.52 Å². The number of alkyl carbamates (subject to hydrolysis) is 1. The van der Waals surface area contributed by atoms with Crippen LogP contribution in [-0.4, -0.2) is 42.1 Å². The average Bonchev–Trinajstić information content (AvgIpc) is 2.89. The smallest absolute Gasteiger partial charge is 0.408 e. The molecule has 0 aliphatic rings. The van der Waals surface area contributed by atoms with Gasteiger partial charge in [0.05, 0.1) is 13.2 Å². The topological polar surface area (TPSA) is 98.5 Å². The molecule has 1 heterocycles. The van der Waals surface area contributed by atoms with Crippen LogP contribution in [-0.2, 0) is 16.0 Å². The Labute approximate surface area is 137 Å². The van der Waals surface area contributed by atoms with Crippen LogP contribution in [0.1, 0.15) is 58.3 Å². The highest BCUT2D eigenvalue weighted by Crippen LogP contribution is 2.13. The van der Waals surface area contributed by atoms with Crippen LogP contribution < -0.4 is 10.6 Å². The number of aromatic nitrogens is 2. The number of nitrogens with one attached hydrogen (secondary N) is 2. The van der Waals surface area contributed by atoms with Crippen molar-refractivity contribution in [1.29, 1.82) is 0 Å². The minimum absolute atomic E-state index is 0.262. The van der Waals surface area contributed by atoms with Crippen molar-refractivity contribution in [3.8, 4) is 0 Å². The molecule has 0 aliphatic heterocycles. The highest BCUT2D eigenvalue weighted by Gasteiger charge is 2.24. The van der Waals surface area contributed by atoms with E-state index in [9.17, 15) is 4.79 Å². The van der Waals surface area contributed by atoms with E-state index in [-0.39, 0.29) is 6.61 Å². The summed E-state index contributed by atoms with van der Waals surface area (Å²) in [5.74, 6) is 0.824. The van der Waals surface area contributed by atoms with Crippen molar-refractivity contribution in [3.05, 3.63) is 11.7 Å². The second kappa shape index (κ2) is 9.46. The van der Waals surface area contributed by atoms with Crippen LogP contribution in [0.2, 0.25) is 0 Å². The van der Waals surface area contributed by atoms with Crippen molar-refractivity contribution >= 4 is 6.09 Å². The van der Waals surface area contributed by atoms with Gasteiger partial charge in [-0.05, 0) is 34.2 Å². The van der Waals surface area contributed by atoms with Gasteiger partial charge < -0.3 is 24.6 Å². The monoisotopic (exact) mass is 328 g/mol. The summed E-state index contributed by atoms with van der Waals surface area (Å²) in [7, 11) is 1.79. The first kappa shape index (κ1) is 19.4. The molecular weight excluding hydrogens is 300 g/mol. The zero-order valence-corrected chi connectivity index (χ0v) is 14.6. The maximum absolute atomic E-state index is 12.0. The predicted octanol–water partition coefficient (Wildman–Crippen LogP) is 2.17. The van der Waals surface area contributed by atoms with E-state index < -0.39 is 17.7 Å². The van der Waals surface area contributed by atoms with E-state index in [1.54, 1.807) is 27.8 Å². The van der Waals surface area contributed by atoms with Gasteiger partial charge in [0.25, 0.3) is 0 Å². The maximum atomic E-state index is 12.0. The van der Waals surface area contributed by atoms with Gasteiger partial charge in [0, 0.05) is 6.61 Å². The molecule has 0 aromatic carbocycles. The summed E-state index contributed by atoms with van der Waals surface area (Å²) < 4.78 is 16.0. The molecule has 8 heteroatoms. The summed E-state index contributed by atoms with van der Waals surface area (Å²) in [5.41, 5.74) is -0.577. The zero-order chi connectivity index (χ0) is 17.3. The highest BCUT2D eigenvalue weighted by molar-refractivity contribution is 5.68. The van der Waals surface area contributed by atoms with E-state index in [4.69, 9.17) is 14.0 Å². The van der Waals surface area contributed by atoms with Gasteiger partial charge in [-0.1, -0.05) is 18.5 Å². The molecule has 1 rings (SSSR count). The molecule has 8 nitrogen and oxygen atoms in total. The summed E-state index contributed by atoms with van der Waals surface area (Å²) in [6.07, 6.45) is 1.45. The lowest BCUT2D eigenvalue weighted by Crippen LogP contribution is -2.37. The molecule has 0 bridgehead atoms. The molecule has 1 unspecified atom stereocenters. The van der Waals surface area contributed by atoms with E-state index in [0.717, 1.165) is 12.8 Å². The standard InChI is InChI=1S/C15H28N4O4/c1-6-7-8-21-10-11(17-14(20)22-15(2,3)4)13-18-12(9-16-5)23-19-13/h11,16H,6-10H2,1-5H3,(H,17,20). The molecule has 23 heavy (non-hydrogen) atoms. The lowest BCUT2D eigenvalue weighted by molar-refractivity contribution is 0.0431. The van der Waals surface area contributed by atoms with Crippen molar-refractivity contribution < 1.29 is 18.8 Å². The number of amides is 1. The predicted molar refractivity (Wildman–Crippen MR) is 84.9 cm³/mol. The van der Waals surface area contributed by atoms with Gasteiger partial charge in [-0.3, -0.25) is 0 Å². The Bertz CT molecular complexity index is 470. The lowest BCUT2D eigenvalue weighted by Gasteiger charge is -2.22. The van der Waals surface area contributed by atoms with E-state index in [0.29, 0.717) is 24.9 Å². The highest BCUT2D eigenvalue weighted by atomic mass is 16.6. The van der Waals surface area contributed by atoms with Crippen LogP contribution in [0.3, 0.4) is 0 Å². The molecule has 1 aromatic rings. The van der Waals surface area contributed by atoms with Crippen molar-refractivity contribution in [3.63, 3.8) is 0 Å². The minimum Gasteiger partial charge on any atom is -0.444 e. The largest absolute Gasteiger partial charge is 0.444 e. The Kier molecular flexibility index (Phi) is 7.97. The minimum atomic E-state index is -0.577. The summed E-state index contributed by atoms with van der Waals surface area (Å²) in [5, 5.41) is 9.57. The van der Waals surface area contributed by atoms with Crippen LogP contribution in [0.4, 0.5) is 4.79 Å². The van der Waals surface area contributed by atoms with Crippen molar-refractivity contribution in [2.75, 3.05) is 20.3 Å². The second-order valence-corrected chi connectivity index (χ2v) is 6.20. The fourth-order valence-corrected chi connectivity index (χ4v) is 1.71. The van der Waals surface area contributed by atoms with E-state index in [1.165, 1.54) is 0 Å². The molecule has 2 N–H and O–H groups in total. The quantitative estimate of drug-likeness (QED) is 0.670. The van der Waals surface area contributed by atoms with Crippen LogP contribution in [0.5, 0.6) is 0 Å². The molecule has 1 atom stereocenters. The molecular formula is C15H28N4O4. The van der Waals surface area contributed by atoms with Crippen molar-refractivity contribution in [1.82, 2.24) is 20.8 Å². The maximum Gasteiger partial charge on any atom is 0.408 e. The Hall–Kier alpha value is -1.67. The van der Waals surface area contributed by atoms with Gasteiger partial charge in [-0.15, -0.1) is 0 Å². The number of rotatable bonds is 9. The van der Waals surface area contributed by atoms with Crippen LogP contribution >= 0.6 is 0 Å². The molecule has 132 valence electrons. The fourth-order valence-electron chi connectivity index (χ4n) is 1.71. The number of ether oxygens (including phenoxy) is 2. The Morgan fingerprint density at radius 2 is 2.13 bits per heavy atom. The first-order chi connectivity index (χ1) is 10.9. The van der Waals surface area contributed by atoms with E-state index >= 15 is 0 Å². The van der Waals surface area contributed by atoms with Gasteiger partial charge in [0.2, 0.25) is 5.89 Å². The van der Waals surface area contributed by atoms with E-state index in [2.05, 4.69) is 27.7 Å². The van der Waals surface area contributed by atoms with Crippen molar-refractivity contribution in [2.45, 2.75) is 58.7 Å². The number of unbranched alkanes of at least 4 members (excludes halogenated alkanes) is 1. The number of nitrogens with zero attached hydrogens (tertiary/aromatic N) is 2. The van der Waals surface area contributed by atoms with Gasteiger partial charge in [0.1, 0.15) is 11.6 Å². The third-order valence-electron chi connectivity index (χ3n) is 2.74. The second-order valence-electron chi connectivity index (χ2n) is 6.20. The van der Waals surface area contributed by atoms with Gasteiger partial charge in [-0.25, -0.2) is 4.79 Å². The molecule has 1 amide bonds. The summed E-state index contributed by atoms with van der Waals surface area (Å²) in [4.78, 5) is 16.2. The summed E-state index contributed by atoms with van der Waals surface area (Å²) in [6.45, 7) is 8.84. The SMILES string of the molecule is CCCCOCC(NC(=O)OC(C)(C)C)c1noc(CNC)n1.